The van der Waals surface area contributed by atoms with E-state index in [-0.39, 0.29) is 12.1 Å². The fraction of sp³-hybridized carbons (Fsp3) is 0.458. The van der Waals surface area contributed by atoms with E-state index in [1.807, 2.05) is 4.90 Å². The Morgan fingerprint density at radius 3 is 2.11 bits per heavy atom. The zero-order valence-corrected chi connectivity index (χ0v) is 16.9. The summed E-state index contributed by atoms with van der Waals surface area (Å²) in [6, 6.07) is 21.2. The normalized spacial score (nSPS) is 15.4. The van der Waals surface area contributed by atoms with Crippen molar-refractivity contribution in [2.24, 2.45) is 0 Å². The zero-order chi connectivity index (χ0) is 19.6. The SMILES string of the molecule is CCCOC(CCN(Cc1ccccc1)Cc1ccccc1)N1CCCC1=O. The van der Waals surface area contributed by atoms with Gasteiger partial charge in [0.25, 0.3) is 0 Å². The van der Waals surface area contributed by atoms with E-state index in [0.29, 0.717) is 13.0 Å². The van der Waals surface area contributed by atoms with Gasteiger partial charge in [-0.2, -0.15) is 0 Å². The molecule has 4 heteroatoms. The third-order valence-corrected chi connectivity index (χ3v) is 5.16. The lowest BCUT2D eigenvalue weighted by Crippen LogP contribution is -2.41. The van der Waals surface area contributed by atoms with Gasteiger partial charge in [0.1, 0.15) is 6.23 Å². The number of ether oxygens (including phenoxy) is 1. The van der Waals surface area contributed by atoms with Crippen LogP contribution in [0, 0.1) is 0 Å². The predicted molar refractivity (Wildman–Crippen MR) is 113 cm³/mol. The van der Waals surface area contributed by atoms with Crippen molar-refractivity contribution in [3.05, 3.63) is 71.8 Å². The van der Waals surface area contributed by atoms with Crippen molar-refractivity contribution in [2.75, 3.05) is 19.7 Å². The number of hydrogen-bond donors (Lipinski definition) is 0. The number of hydrogen-bond acceptors (Lipinski definition) is 3. The van der Waals surface area contributed by atoms with Crippen molar-refractivity contribution in [2.45, 2.75) is 51.9 Å². The first-order valence-electron chi connectivity index (χ1n) is 10.5. The largest absolute Gasteiger partial charge is 0.358 e. The number of nitrogens with zero attached hydrogens (tertiary/aromatic N) is 2. The fourth-order valence-corrected chi connectivity index (χ4v) is 3.75. The van der Waals surface area contributed by atoms with E-state index in [4.69, 9.17) is 4.74 Å². The van der Waals surface area contributed by atoms with Crippen molar-refractivity contribution in [3.8, 4) is 0 Å². The molecule has 1 unspecified atom stereocenters. The first-order valence-corrected chi connectivity index (χ1v) is 10.5. The second kappa shape index (κ2) is 11.0. The molecule has 0 spiro atoms. The maximum absolute atomic E-state index is 12.2. The number of carbonyl (C=O) groups is 1. The number of benzene rings is 2. The molecule has 2 aromatic rings. The first kappa shape index (κ1) is 20.6. The first-order chi connectivity index (χ1) is 13.8. The molecule has 1 heterocycles. The van der Waals surface area contributed by atoms with Gasteiger partial charge >= 0.3 is 0 Å². The Bertz CT molecular complexity index is 664. The molecule has 1 saturated heterocycles. The van der Waals surface area contributed by atoms with Crippen LogP contribution < -0.4 is 0 Å². The lowest BCUT2D eigenvalue weighted by molar-refractivity contribution is -0.142. The molecule has 0 saturated carbocycles. The van der Waals surface area contributed by atoms with Gasteiger partial charge in [0, 0.05) is 45.6 Å². The van der Waals surface area contributed by atoms with Crippen molar-refractivity contribution in [1.82, 2.24) is 9.80 Å². The van der Waals surface area contributed by atoms with Crippen LogP contribution in [0.5, 0.6) is 0 Å². The minimum Gasteiger partial charge on any atom is -0.358 e. The third-order valence-electron chi connectivity index (χ3n) is 5.16. The van der Waals surface area contributed by atoms with Crippen LogP contribution in [0.3, 0.4) is 0 Å². The van der Waals surface area contributed by atoms with Crippen LogP contribution in [0.25, 0.3) is 0 Å². The van der Waals surface area contributed by atoms with Crippen LogP contribution in [0.1, 0.15) is 43.7 Å². The van der Waals surface area contributed by atoms with Crippen LogP contribution in [0.15, 0.2) is 60.7 Å². The molecule has 0 aliphatic carbocycles. The van der Waals surface area contributed by atoms with Gasteiger partial charge in [0.2, 0.25) is 5.91 Å². The number of carbonyl (C=O) groups excluding carboxylic acids is 1. The lowest BCUT2D eigenvalue weighted by atomic mass is 10.1. The molecule has 1 aliphatic heterocycles. The second-order valence-electron chi connectivity index (χ2n) is 7.49. The molecule has 28 heavy (non-hydrogen) atoms. The summed E-state index contributed by atoms with van der Waals surface area (Å²) in [7, 11) is 0. The van der Waals surface area contributed by atoms with E-state index in [2.05, 4.69) is 72.5 Å². The van der Waals surface area contributed by atoms with Crippen molar-refractivity contribution >= 4 is 5.91 Å². The van der Waals surface area contributed by atoms with Gasteiger partial charge in [0.15, 0.2) is 0 Å². The Morgan fingerprint density at radius 1 is 1.00 bits per heavy atom. The summed E-state index contributed by atoms with van der Waals surface area (Å²) in [4.78, 5) is 16.6. The van der Waals surface area contributed by atoms with Gasteiger partial charge < -0.3 is 9.64 Å². The standard InChI is InChI=1S/C24H32N2O2/c1-2-18-28-24(26-16-9-14-23(26)27)15-17-25(19-21-10-5-3-6-11-21)20-22-12-7-4-8-13-22/h3-8,10-13,24H,2,9,14-20H2,1H3. The molecule has 1 fully saturated rings. The number of rotatable bonds is 11. The Morgan fingerprint density at radius 2 is 1.61 bits per heavy atom. The Labute approximate surface area is 169 Å². The van der Waals surface area contributed by atoms with Crippen LogP contribution in [0.4, 0.5) is 0 Å². The fourth-order valence-electron chi connectivity index (χ4n) is 3.75. The van der Waals surface area contributed by atoms with E-state index in [1.54, 1.807) is 0 Å². The topological polar surface area (TPSA) is 32.8 Å². The van der Waals surface area contributed by atoms with Crippen molar-refractivity contribution < 1.29 is 9.53 Å². The molecule has 2 aromatic carbocycles. The summed E-state index contributed by atoms with van der Waals surface area (Å²) < 4.78 is 6.07. The number of likely N-dealkylation sites (tertiary alicyclic amines) is 1. The molecular formula is C24H32N2O2. The van der Waals surface area contributed by atoms with Crippen LogP contribution >= 0.6 is 0 Å². The molecule has 1 amide bonds. The monoisotopic (exact) mass is 380 g/mol. The Balaban J connectivity index is 1.66. The molecular weight excluding hydrogens is 348 g/mol. The quantitative estimate of drug-likeness (QED) is 0.577. The van der Waals surface area contributed by atoms with Gasteiger partial charge in [-0.05, 0) is 24.0 Å². The Kier molecular flexibility index (Phi) is 8.07. The van der Waals surface area contributed by atoms with E-state index < -0.39 is 0 Å². The summed E-state index contributed by atoms with van der Waals surface area (Å²) in [6.45, 7) is 6.31. The molecule has 3 rings (SSSR count). The molecule has 0 bridgehead atoms. The highest BCUT2D eigenvalue weighted by Crippen LogP contribution is 2.19. The highest BCUT2D eigenvalue weighted by atomic mass is 16.5. The van der Waals surface area contributed by atoms with Crippen LogP contribution in [-0.4, -0.2) is 41.6 Å². The van der Waals surface area contributed by atoms with Gasteiger partial charge in [-0.1, -0.05) is 67.6 Å². The highest BCUT2D eigenvalue weighted by molar-refractivity contribution is 5.78. The van der Waals surface area contributed by atoms with E-state index >= 15 is 0 Å². The zero-order valence-electron chi connectivity index (χ0n) is 16.9. The van der Waals surface area contributed by atoms with E-state index in [1.165, 1.54) is 11.1 Å². The maximum Gasteiger partial charge on any atom is 0.224 e. The van der Waals surface area contributed by atoms with Crippen molar-refractivity contribution in [1.29, 1.82) is 0 Å². The number of amides is 1. The smallest absolute Gasteiger partial charge is 0.224 e. The second-order valence-corrected chi connectivity index (χ2v) is 7.49. The average molecular weight is 381 g/mol. The summed E-state index contributed by atoms with van der Waals surface area (Å²) in [5, 5.41) is 0. The summed E-state index contributed by atoms with van der Waals surface area (Å²) in [6.07, 6.45) is 3.30. The van der Waals surface area contributed by atoms with Crippen LogP contribution in [0.2, 0.25) is 0 Å². The minimum atomic E-state index is -0.107. The molecule has 0 radical (unpaired) electrons. The Hall–Kier alpha value is -2.17. The molecule has 1 atom stereocenters. The lowest BCUT2D eigenvalue weighted by Gasteiger charge is -2.31. The van der Waals surface area contributed by atoms with Gasteiger partial charge in [-0.3, -0.25) is 9.69 Å². The summed E-state index contributed by atoms with van der Waals surface area (Å²) >= 11 is 0. The van der Waals surface area contributed by atoms with E-state index in [9.17, 15) is 4.79 Å². The van der Waals surface area contributed by atoms with Gasteiger partial charge in [-0.25, -0.2) is 0 Å². The molecule has 0 aromatic heterocycles. The van der Waals surface area contributed by atoms with Gasteiger partial charge in [-0.15, -0.1) is 0 Å². The molecule has 1 aliphatic rings. The summed E-state index contributed by atoms with van der Waals surface area (Å²) in [5.41, 5.74) is 2.61. The van der Waals surface area contributed by atoms with Crippen molar-refractivity contribution in [3.63, 3.8) is 0 Å². The minimum absolute atomic E-state index is 0.107. The van der Waals surface area contributed by atoms with Gasteiger partial charge in [0.05, 0.1) is 0 Å². The molecule has 0 N–H and O–H groups in total. The third kappa shape index (κ3) is 6.18. The van der Waals surface area contributed by atoms with Crippen LogP contribution in [-0.2, 0) is 22.6 Å². The predicted octanol–water partition coefficient (Wildman–Crippen LogP) is 4.45. The molecule has 150 valence electrons. The van der Waals surface area contributed by atoms with E-state index in [0.717, 1.165) is 45.4 Å². The maximum atomic E-state index is 12.2. The summed E-state index contributed by atoms with van der Waals surface area (Å²) in [5.74, 6) is 0.235. The highest BCUT2D eigenvalue weighted by Gasteiger charge is 2.28. The average Bonchev–Trinajstić information content (AvgIpc) is 3.15. The molecule has 4 nitrogen and oxygen atoms in total.